The average molecular weight is 382 g/mol. The second-order valence-corrected chi connectivity index (χ2v) is 8.02. The number of nitrogens with two attached hydrogens (primary N) is 1. The predicted octanol–water partition coefficient (Wildman–Crippen LogP) is 2.31. The predicted molar refractivity (Wildman–Crippen MR) is 96.3 cm³/mol. The quantitative estimate of drug-likeness (QED) is 0.686. The Bertz CT molecular complexity index is 824. The van der Waals surface area contributed by atoms with Gasteiger partial charge in [-0.2, -0.15) is 0 Å². The van der Waals surface area contributed by atoms with E-state index in [4.69, 9.17) is 5.14 Å². The van der Waals surface area contributed by atoms with Gasteiger partial charge >= 0.3 is 0 Å². The maximum Gasteiger partial charge on any atom is 0.238 e. The Hall–Kier alpha value is -1.90. The van der Waals surface area contributed by atoms with Crippen molar-refractivity contribution in [1.29, 1.82) is 0 Å². The largest absolute Gasteiger partial charge is 0.356 e. The summed E-state index contributed by atoms with van der Waals surface area (Å²) < 4.78 is 35.8. The third kappa shape index (κ3) is 6.49. The molecule has 0 spiro atoms. The molecule has 5 nitrogen and oxygen atoms in total. The van der Waals surface area contributed by atoms with E-state index >= 15 is 0 Å². The first-order chi connectivity index (χ1) is 11.9. The van der Waals surface area contributed by atoms with E-state index in [9.17, 15) is 17.6 Å². The van der Waals surface area contributed by atoms with Crippen molar-refractivity contribution < 1.29 is 17.6 Å². The standard InChI is InChI=1S/C17H19FN2O3S2/c18-15-3-1-2-4-16(15)24-12-10-17(21)20-11-9-13-5-7-14(8-6-13)25(19,22)23/h1-8H,9-12H2,(H,20,21)(H2,19,22,23). The highest BCUT2D eigenvalue weighted by molar-refractivity contribution is 7.99. The van der Waals surface area contributed by atoms with Gasteiger partial charge in [-0.25, -0.2) is 17.9 Å². The lowest BCUT2D eigenvalue weighted by molar-refractivity contribution is -0.120. The fraction of sp³-hybridized carbons (Fsp3) is 0.235. The minimum Gasteiger partial charge on any atom is -0.356 e. The maximum atomic E-state index is 13.4. The van der Waals surface area contributed by atoms with Gasteiger partial charge in [-0.15, -0.1) is 11.8 Å². The average Bonchev–Trinajstić information content (AvgIpc) is 2.56. The Labute approximate surface area is 150 Å². The van der Waals surface area contributed by atoms with Crippen molar-refractivity contribution in [2.45, 2.75) is 22.6 Å². The monoisotopic (exact) mass is 382 g/mol. The second kappa shape index (κ2) is 8.98. The lowest BCUT2D eigenvalue weighted by Gasteiger charge is -2.06. The van der Waals surface area contributed by atoms with Crippen LogP contribution in [0.1, 0.15) is 12.0 Å². The Morgan fingerprint density at radius 3 is 2.44 bits per heavy atom. The van der Waals surface area contributed by atoms with E-state index in [-0.39, 0.29) is 16.6 Å². The topological polar surface area (TPSA) is 89.3 Å². The van der Waals surface area contributed by atoms with Gasteiger partial charge in [0.15, 0.2) is 0 Å². The summed E-state index contributed by atoms with van der Waals surface area (Å²) in [5, 5.41) is 7.82. The van der Waals surface area contributed by atoms with Gasteiger partial charge in [0.25, 0.3) is 0 Å². The van der Waals surface area contributed by atoms with E-state index in [2.05, 4.69) is 5.32 Å². The zero-order valence-corrected chi connectivity index (χ0v) is 15.1. The van der Waals surface area contributed by atoms with Crippen molar-refractivity contribution in [2.24, 2.45) is 5.14 Å². The van der Waals surface area contributed by atoms with E-state index in [1.165, 1.54) is 30.0 Å². The van der Waals surface area contributed by atoms with Crippen molar-refractivity contribution in [1.82, 2.24) is 5.32 Å². The minimum absolute atomic E-state index is 0.0606. The van der Waals surface area contributed by atoms with Crippen molar-refractivity contribution in [3.63, 3.8) is 0 Å². The number of carbonyl (C=O) groups excluding carboxylic acids is 1. The number of hydrogen-bond donors (Lipinski definition) is 2. The third-order valence-electron chi connectivity index (χ3n) is 3.41. The first-order valence-corrected chi connectivity index (χ1v) is 10.2. The van der Waals surface area contributed by atoms with Crippen LogP contribution in [0.25, 0.3) is 0 Å². The fourth-order valence-electron chi connectivity index (χ4n) is 2.10. The second-order valence-electron chi connectivity index (χ2n) is 5.32. The molecule has 0 unspecified atom stereocenters. The van der Waals surface area contributed by atoms with Crippen molar-refractivity contribution in [2.75, 3.05) is 12.3 Å². The van der Waals surface area contributed by atoms with Crippen molar-refractivity contribution >= 4 is 27.7 Å². The van der Waals surface area contributed by atoms with Crippen LogP contribution in [0.15, 0.2) is 58.3 Å². The molecule has 0 fully saturated rings. The molecule has 0 saturated carbocycles. The molecule has 0 heterocycles. The van der Waals surface area contributed by atoms with Gasteiger partial charge in [0.1, 0.15) is 5.82 Å². The first kappa shape index (κ1) is 19.4. The van der Waals surface area contributed by atoms with Gasteiger partial charge in [-0.3, -0.25) is 4.79 Å². The zero-order valence-electron chi connectivity index (χ0n) is 13.4. The van der Waals surface area contributed by atoms with Crippen molar-refractivity contribution in [3.8, 4) is 0 Å². The molecule has 0 aliphatic rings. The van der Waals surface area contributed by atoms with Gasteiger partial charge in [0, 0.05) is 23.6 Å². The molecule has 0 aliphatic carbocycles. The Morgan fingerprint density at radius 1 is 1.12 bits per heavy atom. The SMILES string of the molecule is NS(=O)(=O)c1ccc(CCNC(=O)CCSc2ccccc2F)cc1. The summed E-state index contributed by atoms with van der Waals surface area (Å²) >= 11 is 1.30. The van der Waals surface area contributed by atoms with E-state index < -0.39 is 10.0 Å². The normalized spacial score (nSPS) is 11.3. The lowest BCUT2D eigenvalue weighted by atomic mass is 10.1. The number of hydrogen-bond acceptors (Lipinski definition) is 4. The smallest absolute Gasteiger partial charge is 0.238 e. The molecule has 2 aromatic carbocycles. The summed E-state index contributed by atoms with van der Waals surface area (Å²) in [6.45, 7) is 0.442. The molecule has 0 atom stereocenters. The number of nitrogens with one attached hydrogen (secondary N) is 1. The fourth-order valence-corrected chi connectivity index (χ4v) is 3.50. The van der Waals surface area contributed by atoms with E-state index in [1.807, 2.05) is 0 Å². The van der Waals surface area contributed by atoms with E-state index in [1.54, 1.807) is 30.3 Å². The van der Waals surface area contributed by atoms with Crippen LogP contribution in [-0.4, -0.2) is 26.6 Å². The molecule has 2 aromatic rings. The van der Waals surface area contributed by atoms with E-state index in [0.717, 1.165) is 5.56 Å². The molecule has 2 rings (SSSR count). The van der Waals surface area contributed by atoms with Gasteiger partial charge in [0.05, 0.1) is 4.90 Å². The molecule has 0 saturated heterocycles. The summed E-state index contributed by atoms with van der Waals surface area (Å²) in [5.74, 6) is 0.108. The molecule has 0 radical (unpaired) electrons. The van der Waals surface area contributed by atoms with Gasteiger partial charge in [-0.05, 0) is 36.2 Å². The first-order valence-electron chi connectivity index (χ1n) is 7.62. The van der Waals surface area contributed by atoms with Crippen LogP contribution in [-0.2, 0) is 21.2 Å². The highest BCUT2D eigenvalue weighted by Gasteiger charge is 2.07. The lowest BCUT2D eigenvalue weighted by Crippen LogP contribution is -2.25. The summed E-state index contributed by atoms with van der Waals surface area (Å²) in [6, 6.07) is 12.7. The molecule has 3 N–H and O–H groups in total. The molecule has 25 heavy (non-hydrogen) atoms. The number of halogens is 1. The summed E-state index contributed by atoms with van der Waals surface area (Å²) in [5.41, 5.74) is 0.897. The Balaban J connectivity index is 1.69. The molecular formula is C17H19FN2O3S2. The third-order valence-corrected chi connectivity index (χ3v) is 5.39. The van der Waals surface area contributed by atoms with Gasteiger partial charge < -0.3 is 5.32 Å². The van der Waals surface area contributed by atoms with Crippen LogP contribution in [0.3, 0.4) is 0 Å². The van der Waals surface area contributed by atoms with E-state index in [0.29, 0.717) is 30.0 Å². The molecule has 0 aromatic heterocycles. The zero-order chi connectivity index (χ0) is 18.3. The molecule has 0 aliphatic heterocycles. The Morgan fingerprint density at radius 2 is 1.80 bits per heavy atom. The van der Waals surface area contributed by atoms with Crippen LogP contribution >= 0.6 is 11.8 Å². The number of rotatable bonds is 8. The van der Waals surface area contributed by atoms with Crippen LogP contribution in [0.2, 0.25) is 0 Å². The van der Waals surface area contributed by atoms with Gasteiger partial charge in [0.2, 0.25) is 15.9 Å². The number of sulfonamides is 1. The highest BCUT2D eigenvalue weighted by atomic mass is 32.2. The highest BCUT2D eigenvalue weighted by Crippen LogP contribution is 2.21. The summed E-state index contributed by atoms with van der Waals surface area (Å²) in [4.78, 5) is 12.4. The molecule has 1 amide bonds. The number of thioether (sulfide) groups is 1. The molecule has 8 heteroatoms. The molecule has 134 valence electrons. The Kier molecular flexibility index (Phi) is 6.98. The van der Waals surface area contributed by atoms with Crippen molar-refractivity contribution in [3.05, 3.63) is 59.9 Å². The maximum absolute atomic E-state index is 13.4. The van der Waals surface area contributed by atoms with Crippen LogP contribution in [0, 0.1) is 5.82 Å². The van der Waals surface area contributed by atoms with Crippen LogP contribution in [0.4, 0.5) is 4.39 Å². The summed E-state index contributed by atoms with van der Waals surface area (Å²) in [6.07, 6.45) is 0.875. The summed E-state index contributed by atoms with van der Waals surface area (Å²) in [7, 11) is -3.69. The van der Waals surface area contributed by atoms with Crippen LogP contribution in [0.5, 0.6) is 0 Å². The minimum atomic E-state index is -3.69. The number of amides is 1. The number of carbonyl (C=O) groups is 1. The molecule has 0 bridgehead atoms. The number of primary sulfonamides is 1. The van der Waals surface area contributed by atoms with Crippen LogP contribution < -0.4 is 10.5 Å². The van der Waals surface area contributed by atoms with Gasteiger partial charge in [-0.1, -0.05) is 24.3 Å². The number of benzene rings is 2. The molecular weight excluding hydrogens is 363 g/mol.